The summed E-state index contributed by atoms with van der Waals surface area (Å²) in [6.45, 7) is 5.24. The van der Waals surface area contributed by atoms with Gasteiger partial charge in [0, 0.05) is 17.4 Å². The standard InChI is InChI=1S/C22H22FNO3/c1-22(2,3)27-21(26)20(25)13-19-17-10-5-4-7-14(17)12-18(24-19)15-8-6-9-16(23)11-15/h4-12,20,25H,13H2,1-3H3. The van der Waals surface area contributed by atoms with Gasteiger partial charge in [0.05, 0.1) is 11.4 Å². The summed E-state index contributed by atoms with van der Waals surface area (Å²) < 4.78 is 18.9. The number of hydrogen-bond donors (Lipinski definition) is 1. The van der Waals surface area contributed by atoms with Crippen LogP contribution in [-0.2, 0) is 16.0 Å². The number of ether oxygens (including phenoxy) is 1. The molecule has 2 aromatic carbocycles. The van der Waals surface area contributed by atoms with Crippen LogP contribution in [0.2, 0.25) is 0 Å². The van der Waals surface area contributed by atoms with E-state index in [0.717, 1.165) is 10.8 Å². The summed E-state index contributed by atoms with van der Waals surface area (Å²) in [6, 6.07) is 15.6. The average Bonchev–Trinajstić information content (AvgIpc) is 2.60. The summed E-state index contributed by atoms with van der Waals surface area (Å²) in [6.07, 6.45) is -1.32. The van der Waals surface area contributed by atoms with Crippen LogP contribution in [0.25, 0.3) is 22.0 Å². The molecule has 1 N–H and O–H groups in total. The highest BCUT2D eigenvalue weighted by atomic mass is 19.1. The SMILES string of the molecule is CC(C)(C)OC(=O)C(O)Cc1nc(-c2cccc(F)c2)cc2ccccc12. The molecule has 27 heavy (non-hydrogen) atoms. The van der Waals surface area contributed by atoms with E-state index in [1.807, 2.05) is 30.3 Å². The molecule has 0 spiro atoms. The van der Waals surface area contributed by atoms with Gasteiger partial charge in [-0.15, -0.1) is 0 Å². The zero-order chi connectivity index (χ0) is 19.6. The van der Waals surface area contributed by atoms with Crippen molar-refractivity contribution >= 4 is 16.7 Å². The quantitative estimate of drug-likeness (QED) is 0.699. The van der Waals surface area contributed by atoms with E-state index >= 15 is 0 Å². The van der Waals surface area contributed by atoms with Crippen LogP contribution in [-0.4, -0.2) is 27.8 Å². The van der Waals surface area contributed by atoms with Gasteiger partial charge in [0.1, 0.15) is 11.4 Å². The molecule has 3 rings (SSSR count). The highest BCUT2D eigenvalue weighted by Crippen LogP contribution is 2.26. The Bertz CT molecular complexity index is 979. The monoisotopic (exact) mass is 367 g/mol. The van der Waals surface area contributed by atoms with Crippen molar-refractivity contribution in [1.82, 2.24) is 4.98 Å². The van der Waals surface area contributed by atoms with Gasteiger partial charge in [-0.3, -0.25) is 4.98 Å². The molecule has 0 bridgehead atoms. The molecule has 140 valence electrons. The Kier molecular flexibility index (Phi) is 5.24. The van der Waals surface area contributed by atoms with E-state index in [1.165, 1.54) is 12.1 Å². The van der Waals surface area contributed by atoms with Crippen LogP contribution < -0.4 is 0 Å². The van der Waals surface area contributed by atoms with Gasteiger partial charge in [0.2, 0.25) is 0 Å². The van der Waals surface area contributed by atoms with Crippen LogP contribution >= 0.6 is 0 Å². The van der Waals surface area contributed by atoms with Crippen molar-refractivity contribution in [3.63, 3.8) is 0 Å². The van der Waals surface area contributed by atoms with Crippen molar-refractivity contribution < 1.29 is 19.0 Å². The average molecular weight is 367 g/mol. The summed E-state index contributed by atoms with van der Waals surface area (Å²) in [5.41, 5.74) is 1.09. The van der Waals surface area contributed by atoms with E-state index in [2.05, 4.69) is 4.98 Å². The van der Waals surface area contributed by atoms with Crippen LogP contribution in [0, 0.1) is 5.82 Å². The summed E-state index contributed by atoms with van der Waals surface area (Å²) in [5.74, 6) is -1.04. The van der Waals surface area contributed by atoms with Crippen LogP contribution in [0.1, 0.15) is 26.5 Å². The lowest BCUT2D eigenvalue weighted by Crippen LogP contribution is -2.33. The minimum Gasteiger partial charge on any atom is -0.458 e. The molecule has 0 aliphatic rings. The van der Waals surface area contributed by atoms with Crippen LogP contribution in [0.5, 0.6) is 0 Å². The molecule has 3 aromatic rings. The second kappa shape index (κ2) is 7.45. The molecule has 1 heterocycles. The molecular formula is C22H22FNO3. The molecule has 0 saturated carbocycles. The number of aromatic nitrogens is 1. The maximum absolute atomic E-state index is 13.6. The fourth-order valence-corrected chi connectivity index (χ4v) is 2.86. The number of aliphatic hydroxyl groups excluding tert-OH is 1. The van der Waals surface area contributed by atoms with Gasteiger partial charge in [-0.2, -0.15) is 0 Å². The Hall–Kier alpha value is -2.79. The van der Waals surface area contributed by atoms with E-state index in [-0.39, 0.29) is 12.2 Å². The highest BCUT2D eigenvalue weighted by molar-refractivity contribution is 5.88. The fourth-order valence-electron chi connectivity index (χ4n) is 2.86. The smallest absolute Gasteiger partial charge is 0.335 e. The third-order valence-electron chi connectivity index (χ3n) is 4.01. The number of benzene rings is 2. The molecule has 1 aromatic heterocycles. The van der Waals surface area contributed by atoms with Gasteiger partial charge < -0.3 is 9.84 Å². The van der Waals surface area contributed by atoms with Gasteiger partial charge >= 0.3 is 5.97 Å². The largest absolute Gasteiger partial charge is 0.458 e. The third kappa shape index (κ3) is 4.68. The zero-order valence-electron chi connectivity index (χ0n) is 15.6. The van der Waals surface area contributed by atoms with Gasteiger partial charge in [-0.1, -0.05) is 36.4 Å². The molecule has 5 heteroatoms. The first-order valence-corrected chi connectivity index (χ1v) is 8.78. The van der Waals surface area contributed by atoms with Gasteiger partial charge in [0.25, 0.3) is 0 Å². The number of aliphatic hydroxyl groups is 1. The molecule has 0 saturated heterocycles. The molecule has 4 nitrogen and oxygen atoms in total. The summed E-state index contributed by atoms with van der Waals surface area (Å²) in [5, 5.41) is 12.1. The third-order valence-corrected chi connectivity index (χ3v) is 4.01. The molecule has 1 atom stereocenters. The lowest BCUT2D eigenvalue weighted by molar-refractivity contribution is -0.164. The molecule has 0 aliphatic carbocycles. The first kappa shape index (κ1) is 19.0. The Balaban J connectivity index is 2.00. The number of hydrogen-bond acceptors (Lipinski definition) is 4. The van der Waals surface area contributed by atoms with Crippen molar-refractivity contribution in [2.75, 3.05) is 0 Å². The predicted molar refractivity (Wildman–Crippen MR) is 103 cm³/mol. The minimum absolute atomic E-state index is 0.0125. The Morgan fingerprint density at radius 2 is 1.89 bits per heavy atom. The molecule has 0 aliphatic heterocycles. The highest BCUT2D eigenvalue weighted by Gasteiger charge is 2.24. The lowest BCUT2D eigenvalue weighted by Gasteiger charge is -2.22. The maximum atomic E-state index is 13.6. The second-order valence-corrected chi connectivity index (χ2v) is 7.44. The van der Waals surface area contributed by atoms with Gasteiger partial charge in [-0.05, 0) is 44.4 Å². The summed E-state index contributed by atoms with van der Waals surface area (Å²) >= 11 is 0. The maximum Gasteiger partial charge on any atom is 0.335 e. The number of nitrogens with zero attached hydrogens (tertiary/aromatic N) is 1. The number of rotatable bonds is 4. The van der Waals surface area contributed by atoms with Crippen LogP contribution in [0.15, 0.2) is 54.6 Å². The second-order valence-electron chi connectivity index (χ2n) is 7.44. The summed E-state index contributed by atoms with van der Waals surface area (Å²) in [7, 11) is 0. The molecule has 0 radical (unpaired) electrons. The molecular weight excluding hydrogens is 345 g/mol. The zero-order valence-corrected chi connectivity index (χ0v) is 15.6. The topological polar surface area (TPSA) is 59.4 Å². The fraction of sp³-hybridized carbons (Fsp3) is 0.273. The Labute approximate surface area is 157 Å². The van der Waals surface area contributed by atoms with Crippen molar-refractivity contribution in [2.45, 2.75) is 38.9 Å². The number of fused-ring (bicyclic) bond motifs is 1. The van der Waals surface area contributed by atoms with E-state index in [0.29, 0.717) is 17.0 Å². The predicted octanol–water partition coefficient (Wildman–Crippen LogP) is 4.29. The molecule has 0 fully saturated rings. The minimum atomic E-state index is -1.33. The first-order chi connectivity index (χ1) is 12.7. The Morgan fingerprint density at radius 1 is 1.15 bits per heavy atom. The van der Waals surface area contributed by atoms with Crippen molar-refractivity contribution in [2.24, 2.45) is 0 Å². The van der Waals surface area contributed by atoms with Crippen LogP contribution in [0.4, 0.5) is 4.39 Å². The normalized spacial score (nSPS) is 12.8. The Morgan fingerprint density at radius 3 is 2.59 bits per heavy atom. The molecule has 1 unspecified atom stereocenters. The van der Waals surface area contributed by atoms with Gasteiger partial charge in [0.15, 0.2) is 6.10 Å². The number of pyridine rings is 1. The van der Waals surface area contributed by atoms with Gasteiger partial charge in [-0.25, -0.2) is 9.18 Å². The van der Waals surface area contributed by atoms with E-state index < -0.39 is 17.7 Å². The summed E-state index contributed by atoms with van der Waals surface area (Å²) in [4.78, 5) is 16.7. The van der Waals surface area contributed by atoms with E-state index in [9.17, 15) is 14.3 Å². The molecule has 0 amide bonds. The lowest BCUT2D eigenvalue weighted by atomic mass is 10.0. The van der Waals surface area contributed by atoms with Crippen molar-refractivity contribution in [1.29, 1.82) is 0 Å². The number of halogens is 1. The number of esters is 1. The first-order valence-electron chi connectivity index (χ1n) is 8.78. The van der Waals surface area contributed by atoms with E-state index in [4.69, 9.17) is 4.74 Å². The number of carbonyl (C=O) groups excluding carboxylic acids is 1. The van der Waals surface area contributed by atoms with Crippen LogP contribution in [0.3, 0.4) is 0 Å². The van der Waals surface area contributed by atoms with Crippen molar-refractivity contribution in [3.8, 4) is 11.3 Å². The number of carbonyl (C=O) groups is 1. The van der Waals surface area contributed by atoms with Crippen molar-refractivity contribution in [3.05, 3.63) is 66.1 Å². The van der Waals surface area contributed by atoms with E-state index in [1.54, 1.807) is 32.9 Å².